The van der Waals surface area contributed by atoms with Gasteiger partial charge in [-0.1, -0.05) is 32.0 Å². The topological polar surface area (TPSA) is 163 Å². The molecule has 1 aromatic rings. The molecular weight excluding hydrogens is 741 g/mol. The standard InChI is InChI=1S/C46H61N2O10/c1-5-26-27-19-33-38-44(31-8-6-7-9-32(31)47(38)3)21-34(37(27)39(44)51)48(33,40(26)52)22-36(50)58-25-10-16-45(41(53)56-4)29-11-14-42(2)28(24-18-35(49)57-23-24)13-17-46(42,55)30(29)12-15-43(45,54)20-25/h6-9,18,25-30,33-34,37-40,51-52,54-55H,5,10-17,19-23H2,1-4H3/q+1/t25-,26-,27-,28+,29?,30+,33?,34-,37?,38-,39?,40+,42+,43-,44?,45+,46-,48?/m0/s1. The lowest BCUT2D eigenvalue weighted by Crippen LogP contribution is -2.83. The minimum absolute atomic E-state index is 0.00132. The number of quaternary nitrogens is 1. The molecule has 4 saturated heterocycles. The molecular formula is C46H61N2O10+. The smallest absolute Gasteiger partial charge is 0.362 e. The third-order valence-corrected chi connectivity index (χ3v) is 19.9. The first-order valence-electron chi connectivity index (χ1n) is 22.3. The number of likely N-dealkylation sites (N-methyl/N-ethyl adjacent to an activating group) is 1. The van der Waals surface area contributed by atoms with Crippen molar-refractivity contribution in [1.29, 1.82) is 0 Å². The first-order chi connectivity index (χ1) is 27.7. The third kappa shape index (κ3) is 4.14. The van der Waals surface area contributed by atoms with E-state index in [1.54, 1.807) is 6.08 Å². The highest BCUT2D eigenvalue weighted by Crippen LogP contribution is 2.73. The van der Waals surface area contributed by atoms with Crippen LogP contribution in [-0.2, 0) is 34.0 Å². The monoisotopic (exact) mass is 801 g/mol. The van der Waals surface area contributed by atoms with Gasteiger partial charge >= 0.3 is 17.9 Å². The molecule has 0 radical (unpaired) electrons. The van der Waals surface area contributed by atoms with Gasteiger partial charge in [0.15, 0.2) is 12.8 Å². The molecule has 0 amide bonds. The molecule has 58 heavy (non-hydrogen) atoms. The van der Waals surface area contributed by atoms with Gasteiger partial charge in [0.05, 0.1) is 47.3 Å². The van der Waals surface area contributed by atoms with Crippen LogP contribution < -0.4 is 4.90 Å². The molecule has 6 aliphatic heterocycles. The van der Waals surface area contributed by atoms with Crippen molar-refractivity contribution in [3.8, 4) is 0 Å². The zero-order valence-corrected chi connectivity index (χ0v) is 34.3. The summed E-state index contributed by atoms with van der Waals surface area (Å²) in [6, 6.07) is 8.21. The Bertz CT molecular complexity index is 2010. The second kappa shape index (κ2) is 12.1. The summed E-state index contributed by atoms with van der Waals surface area (Å²) in [5, 5.41) is 50.6. The number of ether oxygens (including phenoxy) is 3. The Hall–Kier alpha value is -3.03. The van der Waals surface area contributed by atoms with Crippen molar-refractivity contribution in [3.63, 3.8) is 0 Å². The molecule has 12 rings (SSSR count). The molecule has 12 nitrogen and oxygen atoms in total. The number of benzene rings is 1. The predicted octanol–water partition coefficient (Wildman–Crippen LogP) is 3.51. The van der Waals surface area contributed by atoms with Gasteiger partial charge in [-0.2, -0.15) is 0 Å². The van der Waals surface area contributed by atoms with Crippen LogP contribution in [0.5, 0.6) is 0 Å². The van der Waals surface area contributed by atoms with Gasteiger partial charge in [-0.15, -0.1) is 0 Å². The number of aliphatic hydroxyl groups excluding tert-OH is 2. The largest absolute Gasteiger partial charge is 0.468 e. The van der Waals surface area contributed by atoms with E-state index < -0.39 is 57.8 Å². The Morgan fingerprint density at radius 1 is 1.00 bits per heavy atom. The van der Waals surface area contributed by atoms with Crippen LogP contribution in [0.3, 0.4) is 0 Å². The van der Waals surface area contributed by atoms with Crippen molar-refractivity contribution in [2.24, 2.45) is 46.3 Å². The number of aliphatic hydroxyl groups is 4. The van der Waals surface area contributed by atoms with E-state index >= 15 is 0 Å². The van der Waals surface area contributed by atoms with Gasteiger partial charge in [0.1, 0.15) is 18.8 Å². The van der Waals surface area contributed by atoms with Crippen LogP contribution in [0.2, 0.25) is 0 Å². The molecule has 0 aromatic heterocycles. The fraction of sp³-hybridized carbons (Fsp3) is 0.761. The number of fused-ring (bicyclic) bond motifs is 7. The van der Waals surface area contributed by atoms with Crippen LogP contribution in [0.25, 0.3) is 0 Å². The number of para-hydroxylation sites is 1. The van der Waals surface area contributed by atoms with E-state index in [-0.39, 0.29) is 96.5 Å². The Labute approximate surface area is 340 Å². The second-order valence-corrected chi connectivity index (χ2v) is 20.9. The number of anilines is 1. The van der Waals surface area contributed by atoms with Gasteiger partial charge in [0, 0.05) is 55.3 Å². The number of carbonyl (C=O) groups excluding carboxylic acids is 3. The first-order valence-corrected chi connectivity index (χ1v) is 22.3. The maximum atomic E-state index is 14.6. The van der Waals surface area contributed by atoms with Crippen molar-refractivity contribution in [1.82, 2.24) is 0 Å². The number of hydrogen-bond donors (Lipinski definition) is 4. The molecule has 5 saturated carbocycles. The summed E-state index contributed by atoms with van der Waals surface area (Å²) in [7, 11) is 3.48. The molecule has 4 N–H and O–H groups in total. The quantitative estimate of drug-likeness (QED) is 0.189. The van der Waals surface area contributed by atoms with Crippen LogP contribution in [0, 0.1) is 46.3 Å². The van der Waals surface area contributed by atoms with Crippen LogP contribution in [0.4, 0.5) is 5.69 Å². The van der Waals surface area contributed by atoms with Crippen molar-refractivity contribution >= 4 is 23.6 Å². The molecule has 9 fully saturated rings. The van der Waals surface area contributed by atoms with Crippen LogP contribution in [0.15, 0.2) is 35.9 Å². The van der Waals surface area contributed by atoms with Crippen molar-refractivity contribution < 1.29 is 53.5 Å². The van der Waals surface area contributed by atoms with E-state index in [0.717, 1.165) is 30.5 Å². The number of carbonyl (C=O) groups is 3. The van der Waals surface area contributed by atoms with Gasteiger partial charge in [-0.3, -0.25) is 9.28 Å². The molecule has 1 aromatic carbocycles. The number of methoxy groups -OCH3 is 1. The molecule has 5 bridgehead atoms. The highest BCUT2D eigenvalue weighted by Gasteiger charge is 2.83. The SMILES string of the molecule is CC[C@H]1[C@@H]2CC3[C@@H]4N(C)c5ccccc5C45C[C@@H](C2C5O)[N+]3(CC(=O)O[C@H]2CC[C@]3(C(=O)OC)C4CC[C@]5(C)[C@@H](C6=CC(=O)OC6)CC[C@]5(O)[C@@H]4CC[C@]3(O)C2)[C@@H]1O. The highest BCUT2D eigenvalue weighted by atomic mass is 16.6. The van der Waals surface area contributed by atoms with Crippen molar-refractivity contribution in [3.05, 3.63) is 41.5 Å². The van der Waals surface area contributed by atoms with E-state index in [4.69, 9.17) is 14.2 Å². The predicted molar refractivity (Wildman–Crippen MR) is 208 cm³/mol. The van der Waals surface area contributed by atoms with E-state index in [1.165, 1.54) is 12.7 Å². The first kappa shape index (κ1) is 37.9. The Kier molecular flexibility index (Phi) is 7.90. The van der Waals surface area contributed by atoms with E-state index in [1.807, 2.05) is 6.07 Å². The lowest BCUT2D eigenvalue weighted by atomic mass is 9.41. The lowest BCUT2D eigenvalue weighted by molar-refractivity contribution is -1.03. The normalized spacial score (nSPS) is 52.6. The fourth-order valence-corrected chi connectivity index (χ4v) is 17.9. The number of rotatable bonds is 6. The van der Waals surface area contributed by atoms with Gasteiger partial charge in [0.2, 0.25) is 0 Å². The summed E-state index contributed by atoms with van der Waals surface area (Å²) in [5.74, 6) is -1.64. The summed E-state index contributed by atoms with van der Waals surface area (Å²) >= 11 is 0. The van der Waals surface area contributed by atoms with Gasteiger partial charge in [-0.25, -0.2) is 9.59 Å². The molecule has 11 aliphatic rings. The molecule has 6 unspecified atom stereocenters. The van der Waals surface area contributed by atoms with E-state index in [2.05, 4.69) is 44.0 Å². The summed E-state index contributed by atoms with van der Waals surface area (Å²) in [4.78, 5) is 43.2. The van der Waals surface area contributed by atoms with E-state index in [9.17, 15) is 34.8 Å². The minimum Gasteiger partial charge on any atom is -0.468 e. The Morgan fingerprint density at radius 3 is 2.52 bits per heavy atom. The van der Waals surface area contributed by atoms with Gasteiger partial charge in [0.25, 0.3) is 0 Å². The van der Waals surface area contributed by atoms with E-state index in [0.29, 0.717) is 38.5 Å². The average Bonchev–Trinajstić information content (AvgIpc) is 3.89. The molecule has 1 spiro atoms. The lowest BCUT2D eigenvalue weighted by Gasteiger charge is -2.67. The molecule has 6 heterocycles. The number of piperidine rings is 4. The highest BCUT2D eigenvalue weighted by molar-refractivity contribution is 5.85. The second-order valence-electron chi connectivity index (χ2n) is 20.9. The summed E-state index contributed by atoms with van der Waals surface area (Å²) in [6.07, 6.45) is 6.02. The maximum Gasteiger partial charge on any atom is 0.362 e. The Morgan fingerprint density at radius 2 is 1.78 bits per heavy atom. The maximum absolute atomic E-state index is 14.6. The Balaban J connectivity index is 0.871. The number of esters is 3. The van der Waals surface area contributed by atoms with Crippen molar-refractivity contribution in [2.75, 3.05) is 32.2 Å². The summed E-state index contributed by atoms with van der Waals surface area (Å²) in [5.41, 5.74) is -1.55. The zero-order chi connectivity index (χ0) is 40.5. The molecule has 12 heteroatoms. The van der Waals surface area contributed by atoms with Gasteiger partial charge in [-0.05, 0) is 98.7 Å². The number of hydrogen-bond acceptors (Lipinski definition) is 11. The third-order valence-electron chi connectivity index (χ3n) is 19.9. The zero-order valence-electron chi connectivity index (χ0n) is 34.3. The number of nitrogens with zero attached hydrogens (tertiary/aromatic N) is 2. The summed E-state index contributed by atoms with van der Waals surface area (Å²) < 4.78 is 17.5. The molecule has 5 aliphatic carbocycles. The van der Waals surface area contributed by atoms with Gasteiger partial charge < -0.3 is 39.5 Å². The van der Waals surface area contributed by atoms with Crippen LogP contribution in [0.1, 0.15) is 96.5 Å². The summed E-state index contributed by atoms with van der Waals surface area (Å²) in [6.45, 7) is 4.49. The van der Waals surface area contributed by atoms with Crippen LogP contribution in [-0.4, -0.2) is 118 Å². The molecule has 314 valence electrons. The molecule has 18 atom stereocenters. The van der Waals surface area contributed by atoms with Crippen molar-refractivity contribution in [2.45, 2.75) is 144 Å². The average molecular weight is 802 g/mol. The minimum atomic E-state index is -1.50. The number of cyclic esters (lactones) is 1. The van der Waals surface area contributed by atoms with Crippen LogP contribution >= 0.6 is 0 Å². The fourth-order valence-electron chi connectivity index (χ4n) is 17.9.